The molecule has 532 valence electrons. The third-order valence-electron chi connectivity index (χ3n) is 14.7. The minimum Gasteiger partial charge on any atom is -0.478 e. The number of benzene rings is 2. The van der Waals surface area contributed by atoms with Crippen molar-refractivity contribution >= 4 is 40.8 Å². The molecule has 14 rings (SSSR count). The van der Waals surface area contributed by atoms with Crippen LogP contribution in [0.1, 0.15) is 61.6 Å². The van der Waals surface area contributed by atoms with E-state index in [9.17, 15) is 54.6 Å². The van der Waals surface area contributed by atoms with Gasteiger partial charge in [-0.15, -0.1) is 35.1 Å². The van der Waals surface area contributed by atoms with Crippen LogP contribution in [-0.4, -0.2) is 161 Å². The number of aromatic nitrogens is 6. The largest absolute Gasteiger partial charge is 0.586 e. The average Bonchev–Trinajstić information content (AvgIpc) is 1.75. The summed E-state index contributed by atoms with van der Waals surface area (Å²) in [4.78, 5) is 64.4. The highest BCUT2D eigenvalue weighted by Gasteiger charge is 2.47. The molecule has 8 aromatic rings. The van der Waals surface area contributed by atoms with Gasteiger partial charge in [0.15, 0.2) is 51.7 Å². The summed E-state index contributed by atoms with van der Waals surface area (Å²) in [6.45, 7) is 11.4. The summed E-state index contributed by atoms with van der Waals surface area (Å²) in [5, 5.41) is 31.9. The van der Waals surface area contributed by atoms with Crippen molar-refractivity contribution in [2.24, 2.45) is 0 Å². The fourth-order valence-electron chi connectivity index (χ4n) is 10.0. The molecular weight excluding hydrogens is 1360 g/mol. The zero-order valence-electron chi connectivity index (χ0n) is 53.2. The van der Waals surface area contributed by atoms with Crippen molar-refractivity contribution < 1.29 is 122 Å². The molecule has 0 spiro atoms. The number of hydrogen-bond acceptors (Lipinski definition) is 25. The van der Waals surface area contributed by atoms with Crippen LogP contribution in [-0.2, 0) is 16.1 Å². The lowest BCUT2D eigenvalue weighted by atomic mass is 10.00. The molecule has 2 amide bonds. The van der Waals surface area contributed by atoms with Gasteiger partial charge in [0.05, 0.1) is 76.7 Å². The minimum atomic E-state index is -3.80. The third-order valence-corrected chi connectivity index (χ3v) is 14.7. The highest BCUT2D eigenvalue weighted by atomic mass is 19.3. The van der Waals surface area contributed by atoms with Gasteiger partial charge in [-0.05, 0) is 90.0 Å². The molecule has 0 unspecified atom stereocenters. The molecule has 0 radical (unpaired) electrons. The molecule has 6 aliphatic rings. The number of alkyl halides is 8. The summed E-state index contributed by atoms with van der Waals surface area (Å²) < 4.78 is 159. The van der Waals surface area contributed by atoms with Gasteiger partial charge in [0.2, 0.25) is 11.8 Å². The van der Waals surface area contributed by atoms with E-state index in [0.717, 1.165) is 102 Å². The predicted molar refractivity (Wildman–Crippen MR) is 334 cm³/mol. The third kappa shape index (κ3) is 17.9. The summed E-state index contributed by atoms with van der Waals surface area (Å²) in [5.41, 5.74) is 5.98. The van der Waals surface area contributed by atoms with Gasteiger partial charge in [-0.2, -0.15) is 9.97 Å². The van der Waals surface area contributed by atoms with Gasteiger partial charge < -0.3 is 92.6 Å². The number of amides is 2. The van der Waals surface area contributed by atoms with E-state index in [1.807, 2.05) is 57.2 Å². The lowest BCUT2D eigenvalue weighted by molar-refractivity contribution is -0.287. The molecule has 28 nitrogen and oxygen atoms in total. The molecule has 6 aliphatic heterocycles. The number of pyridine rings is 6. The maximum Gasteiger partial charge on any atom is 0.586 e. The zero-order valence-corrected chi connectivity index (χ0v) is 53.2. The van der Waals surface area contributed by atoms with E-state index in [1.165, 1.54) is 6.07 Å². The number of anilines is 4. The number of fused-ring (bicyclic) bond motifs is 4. The first kappa shape index (κ1) is 70.9. The summed E-state index contributed by atoms with van der Waals surface area (Å²) >= 11 is 0. The Kier molecular flexibility index (Phi) is 21.1. The first-order valence-corrected chi connectivity index (χ1v) is 30.5. The van der Waals surface area contributed by atoms with Gasteiger partial charge in [-0.1, -0.05) is 19.1 Å². The highest BCUT2D eigenvalue weighted by molar-refractivity contribution is 6.04. The minimum absolute atomic E-state index is 0.0871. The SMILES string of the molecule is CCCOc1cc(-c2cc(NC(=O)c3cc4c(cn3)OC(F)(F)O4)ccc2C)cc(N2CCOCC2)n1.Cc1ccc(NC(=O)c2cc3c(cn2)OC(F)(F)O3)cc1-c1cc(OCCO)nc(N2CCOCC2)c1.O=C(O)c1cc2c(cn1)OC(F)(F)O2.OCc1cc2c(cn1)OC(F)(F)O2. The Morgan fingerprint density at radius 2 is 0.851 bits per heavy atom. The van der Waals surface area contributed by atoms with Crippen LogP contribution in [0, 0.1) is 13.8 Å². The number of morpholine rings is 2. The topological polar surface area (TPSA) is 331 Å². The van der Waals surface area contributed by atoms with Gasteiger partial charge in [0, 0.05) is 74.0 Å². The molecule has 5 N–H and O–H groups in total. The molecule has 101 heavy (non-hydrogen) atoms. The number of aromatic carboxylic acids is 1. The maximum atomic E-state index is 13.3. The van der Waals surface area contributed by atoms with Crippen LogP contribution < -0.4 is 67.8 Å². The van der Waals surface area contributed by atoms with Crippen LogP contribution in [0.3, 0.4) is 0 Å². The Labute approximate surface area is 566 Å². The van der Waals surface area contributed by atoms with Crippen LogP contribution in [0.2, 0.25) is 0 Å². The summed E-state index contributed by atoms with van der Waals surface area (Å²) in [7, 11) is 0. The number of carbonyl (C=O) groups excluding carboxylic acids is 2. The number of aliphatic hydroxyl groups excluding tert-OH is 2. The standard InChI is InChI=1S/C26H26F2N4O5.C25H24F2N4O6.C7H3F2NO4.C7H5F2NO3/c1-3-8-35-24-12-17(11-23(31-24)32-6-9-34-10-7-32)19-13-18(5-4-16(19)2)30-25(33)20-14-21-22(15-29-20)37-26(27,28)36-21;1-15-2-3-17(29-24(33)19-13-20-21(14-28-19)37-25(26,27)36-20)12-18(15)16-10-22(31-4-7-34-8-5-31)30-23(11-16)35-9-6-32;8-7(9)13-4-1-3(6(11)12)10-2-5(4)14-7;8-7(9)12-5-1-4(3-11)10-2-6(5)13-7/h4-5,11-15H,3,6-10H2,1-2H3,(H,30,33);2-3,10-14,32H,4-9H2,1H3,(H,29,33);1-2H,(H,11,12);1-2,11H,3H2. The maximum absolute atomic E-state index is 13.3. The number of rotatable bonds is 16. The molecule has 0 atom stereocenters. The Hall–Kier alpha value is -11.4. The van der Waals surface area contributed by atoms with Crippen LogP contribution in [0.15, 0.2) is 110 Å². The molecule has 36 heteroatoms. The van der Waals surface area contributed by atoms with Crippen molar-refractivity contribution in [2.45, 2.75) is 59.0 Å². The van der Waals surface area contributed by atoms with Gasteiger partial charge in [0.25, 0.3) is 11.8 Å². The van der Waals surface area contributed by atoms with E-state index in [2.05, 4.69) is 83.2 Å². The molecule has 2 fully saturated rings. The van der Waals surface area contributed by atoms with E-state index >= 15 is 0 Å². The summed E-state index contributed by atoms with van der Waals surface area (Å²) in [6, 6.07) is 22.7. The van der Waals surface area contributed by atoms with Gasteiger partial charge in [-0.3, -0.25) is 14.6 Å². The van der Waals surface area contributed by atoms with Gasteiger partial charge >= 0.3 is 31.1 Å². The monoisotopic (exact) mass is 1420 g/mol. The Bertz CT molecular complexity index is 4180. The van der Waals surface area contributed by atoms with Crippen LogP contribution in [0.4, 0.5) is 58.1 Å². The predicted octanol–water partition coefficient (Wildman–Crippen LogP) is 9.88. The molecule has 12 heterocycles. The van der Waals surface area contributed by atoms with Crippen molar-refractivity contribution in [3.63, 3.8) is 0 Å². The van der Waals surface area contributed by atoms with Crippen LogP contribution >= 0.6 is 0 Å². The van der Waals surface area contributed by atoms with Gasteiger partial charge in [0.1, 0.15) is 29.6 Å². The molecule has 0 aliphatic carbocycles. The second-order valence-corrected chi connectivity index (χ2v) is 22.0. The smallest absolute Gasteiger partial charge is 0.478 e. The number of aryl methyl sites for hydroxylation is 2. The number of halogens is 8. The van der Waals surface area contributed by atoms with E-state index < -0.39 is 43.0 Å². The normalized spacial score (nSPS) is 16.2. The molecule has 0 bridgehead atoms. The second kappa shape index (κ2) is 30.0. The number of aliphatic hydroxyl groups is 2. The number of hydrogen-bond donors (Lipinski definition) is 5. The average molecular weight is 1420 g/mol. The zero-order chi connectivity index (χ0) is 71.8. The molecule has 0 saturated carbocycles. The molecule has 2 aromatic carbocycles. The molecule has 6 aromatic heterocycles. The Morgan fingerprint density at radius 1 is 0.485 bits per heavy atom. The van der Waals surface area contributed by atoms with E-state index in [-0.39, 0.29) is 88.6 Å². The summed E-state index contributed by atoms with van der Waals surface area (Å²) in [5.74, 6) is -1.94. The van der Waals surface area contributed by atoms with Crippen molar-refractivity contribution in [2.75, 3.05) is 92.9 Å². The number of carboxylic acid groups (broad SMARTS) is 1. The first-order chi connectivity index (χ1) is 48.2. The summed E-state index contributed by atoms with van der Waals surface area (Å²) in [6.07, 6.45) is -10.1. The molecule has 2 saturated heterocycles. The first-order valence-electron chi connectivity index (χ1n) is 30.5. The Morgan fingerprint density at radius 3 is 1.24 bits per heavy atom. The van der Waals surface area contributed by atoms with E-state index in [0.29, 0.717) is 75.1 Å². The Balaban J connectivity index is 0.000000149. The van der Waals surface area contributed by atoms with Crippen molar-refractivity contribution in [1.29, 1.82) is 0 Å². The fourth-order valence-corrected chi connectivity index (χ4v) is 10.0. The van der Waals surface area contributed by atoms with Crippen molar-refractivity contribution in [3.8, 4) is 80.0 Å². The number of ether oxygens (including phenoxy) is 12. The van der Waals surface area contributed by atoms with Crippen LogP contribution in [0.5, 0.6) is 57.8 Å². The lowest BCUT2D eigenvalue weighted by Gasteiger charge is -2.28. The molecular formula is C65H58F8N10O18. The van der Waals surface area contributed by atoms with Crippen LogP contribution in [0.25, 0.3) is 22.3 Å². The van der Waals surface area contributed by atoms with Crippen molar-refractivity contribution in [3.05, 3.63) is 144 Å². The lowest BCUT2D eigenvalue weighted by Crippen LogP contribution is -2.36. The quantitative estimate of drug-likeness (QED) is 0.0562. The number of carbonyl (C=O) groups is 3. The fraction of sp³-hybridized carbons (Fsp3) is 0.308. The highest BCUT2D eigenvalue weighted by Crippen LogP contribution is 2.45. The number of carboxylic acids is 1. The van der Waals surface area contributed by atoms with Gasteiger partial charge in [-0.25, -0.2) is 19.7 Å². The van der Waals surface area contributed by atoms with E-state index in [4.69, 9.17) is 34.1 Å². The second-order valence-electron chi connectivity index (χ2n) is 22.0. The van der Waals surface area contributed by atoms with E-state index in [1.54, 1.807) is 24.3 Å². The number of nitrogens with one attached hydrogen (secondary N) is 2. The number of nitrogens with zero attached hydrogens (tertiary/aromatic N) is 8. The van der Waals surface area contributed by atoms with Crippen molar-refractivity contribution in [1.82, 2.24) is 29.9 Å².